The Labute approximate surface area is 181 Å². The summed E-state index contributed by atoms with van der Waals surface area (Å²) in [6.07, 6.45) is 10.9. The first kappa shape index (κ1) is 22.5. The standard InChI is InChI=1S/C20H35N5O.HI/c1-21-19(22-9-12-24-10-5-6-11-24)23-17-20(7-3-2-4-8-20)18-25-13-15-26-16-14-25;/h5-6,10-11H,2-4,7-9,12-18H2,1H3,(H2,21,22,23);1H. The van der Waals surface area contributed by atoms with Crippen LogP contribution in [-0.4, -0.2) is 68.4 Å². The quantitative estimate of drug-likeness (QED) is 0.351. The van der Waals surface area contributed by atoms with Gasteiger partial charge in [-0.05, 0) is 25.0 Å². The Bertz CT molecular complexity index is 537. The van der Waals surface area contributed by atoms with Crippen LogP contribution in [0.1, 0.15) is 32.1 Å². The van der Waals surface area contributed by atoms with Crippen molar-refractivity contribution < 1.29 is 4.74 Å². The summed E-state index contributed by atoms with van der Waals surface area (Å²) in [5.41, 5.74) is 0.369. The molecule has 2 N–H and O–H groups in total. The highest BCUT2D eigenvalue weighted by Crippen LogP contribution is 2.36. The highest BCUT2D eigenvalue weighted by atomic mass is 127. The number of aromatic nitrogens is 1. The van der Waals surface area contributed by atoms with Gasteiger partial charge in [-0.2, -0.15) is 0 Å². The fourth-order valence-electron chi connectivity index (χ4n) is 4.24. The predicted octanol–water partition coefficient (Wildman–Crippen LogP) is 2.55. The van der Waals surface area contributed by atoms with Crippen LogP contribution in [0.5, 0.6) is 0 Å². The third-order valence-electron chi connectivity index (χ3n) is 5.76. The second-order valence-electron chi connectivity index (χ2n) is 7.72. The van der Waals surface area contributed by atoms with E-state index < -0.39 is 0 Å². The molecule has 1 aliphatic carbocycles. The molecule has 7 heteroatoms. The molecule has 1 aromatic heterocycles. The fraction of sp³-hybridized carbons (Fsp3) is 0.750. The van der Waals surface area contributed by atoms with Crippen molar-refractivity contribution in [3.05, 3.63) is 24.5 Å². The molecule has 1 aliphatic heterocycles. The molecule has 2 aliphatic rings. The molecule has 0 atom stereocenters. The monoisotopic (exact) mass is 489 g/mol. The number of ether oxygens (including phenoxy) is 1. The van der Waals surface area contributed by atoms with Gasteiger partial charge >= 0.3 is 0 Å². The number of morpholine rings is 1. The lowest BCUT2D eigenvalue weighted by atomic mass is 9.73. The molecule has 0 spiro atoms. The second kappa shape index (κ2) is 11.9. The van der Waals surface area contributed by atoms with E-state index in [-0.39, 0.29) is 24.0 Å². The van der Waals surface area contributed by atoms with Crippen LogP contribution in [0, 0.1) is 5.41 Å². The summed E-state index contributed by atoms with van der Waals surface area (Å²) in [5, 5.41) is 7.07. The maximum absolute atomic E-state index is 5.52. The van der Waals surface area contributed by atoms with E-state index >= 15 is 0 Å². The third kappa shape index (κ3) is 7.27. The summed E-state index contributed by atoms with van der Waals surface area (Å²) < 4.78 is 7.71. The van der Waals surface area contributed by atoms with E-state index in [4.69, 9.17) is 4.74 Å². The minimum atomic E-state index is 0. The molecule has 2 heterocycles. The second-order valence-corrected chi connectivity index (χ2v) is 7.72. The van der Waals surface area contributed by atoms with Gasteiger partial charge in [0.25, 0.3) is 0 Å². The minimum absolute atomic E-state index is 0. The zero-order chi connectivity index (χ0) is 18.1. The molecule has 27 heavy (non-hydrogen) atoms. The maximum atomic E-state index is 5.52. The molecular formula is C20H36IN5O. The van der Waals surface area contributed by atoms with Crippen LogP contribution in [-0.2, 0) is 11.3 Å². The molecule has 1 aromatic rings. The SMILES string of the molecule is CN=C(NCCn1cccc1)NCC1(CN2CCOCC2)CCCCC1.I. The molecule has 0 unspecified atom stereocenters. The van der Waals surface area contributed by atoms with Crippen molar-refractivity contribution in [2.24, 2.45) is 10.4 Å². The first-order chi connectivity index (χ1) is 12.8. The van der Waals surface area contributed by atoms with Gasteiger partial charge in [-0.1, -0.05) is 19.3 Å². The van der Waals surface area contributed by atoms with E-state index in [0.29, 0.717) is 5.41 Å². The van der Waals surface area contributed by atoms with E-state index in [9.17, 15) is 0 Å². The largest absolute Gasteiger partial charge is 0.379 e. The van der Waals surface area contributed by atoms with Gasteiger partial charge in [0.1, 0.15) is 0 Å². The molecule has 1 saturated heterocycles. The van der Waals surface area contributed by atoms with Crippen LogP contribution in [0.3, 0.4) is 0 Å². The Morgan fingerprint density at radius 3 is 2.44 bits per heavy atom. The zero-order valence-corrected chi connectivity index (χ0v) is 19.0. The first-order valence-corrected chi connectivity index (χ1v) is 10.2. The molecule has 0 aromatic carbocycles. The average molecular weight is 489 g/mol. The molecule has 0 amide bonds. The van der Waals surface area contributed by atoms with Gasteiger partial charge in [-0.15, -0.1) is 24.0 Å². The Morgan fingerprint density at radius 2 is 1.78 bits per heavy atom. The lowest BCUT2D eigenvalue weighted by Gasteiger charge is -2.42. The van der Waals surface area contributed by atoms with Crippen molar-refractivity contribution in [2.75, 3.05) is 53.0 Å². The van der Waals surface area contributed by atoms with Crippen molar-refractivity contribution in [1.29, 1.82) is 0 Å². The summed E-state index contributed by atoms with van der Waals surface area (Å²) in [6, 6.07) is 4.12. The Morgan fingerprint density at radius 1 is 1.07 bits per heavy atom. The molecule has 6 nitrogen and oxygen atoms in total. The van der Waals surface area contributed by atoms with Crippen LogP contribution in [0.2, 0.25) is 0 Å². The van der Waals surface area contributed by atoms with Crippen LogP contribution in [0.25, 0.3) is 0 Å². The van der Waals surface area contributed by atoms with Crippen molar-refractivity contribution in [3.8, 4) is 0 Å². The summed E-state index contributed by atoms with van der Waals surface area (Å²) in [7, 11) is 1.86. The molecular weight excluding hydrogens is 453 g/mol. The van der Waals surface area contributed by atoms with E-state index in [1.165, 1.54) is 38.6 Å². The number of hydrogen-bond acceptors (Lipinski definition) is 3. The molecule has 3 rings (SSSR count). The Hall–Kier alpha value is -0.800. The number of guanidine groups is 1. The summed E-state index contributed by atoms with van der Waals surface area (Å²) >= 11 is 0. The topological polar surface area (TPSA) is 53.8 Å². The zero-order valence-electron chi connectivity index (χ0n) is 16.7. The van der Waals surface area contributed by atoms with Gasteiger partial charge in [0, 0.05) is 64.1 Å². The fourth-order valence-corrected chi connectivity index (χ4v) is 4.24. The van der Waals surface area contributed by atoms with Crippen molar-refractivity contribution in [1.82, 2.24) is 20.1 Å². The normalized spacial score (nSPS) is 20.7. The van der Waals surface area contributed by atoms with Crippen LogP contribution in [0.15, 0.2) is 29.5 Å². The molecule has 0 radical (unpaired) electrons. The maximum Gasteiger partial charge on any atom is 0.191 e. The number of nitrogens with one attached hydrogen (secondary N) is 2. The number of halogens is 1. The first-order valence-electron chi connectivity index (χ1n) is 10.2. The molecule has 0 bridgehead atoms. The van der Waals surface area contributed by atoms with Gasteiger partial charge in [-0.25, -0.2) is 0 Å². The number of hydrogen-bond donors (Lipinski definition) is 2. The van der Waals surface area contributed by atoms with Gasteiger partial charge in [0.2, 0.25) is 0 Å². The minimum Gasteiger partial charge on any atom is -0.379 e. The summed E-state index contributed by atoms with van der Waals surface area (Å²) in [6.45, 7) is 7.93. The van der Waals surface area contributed by atoms with Crippen molar-refractivity contribution >= 4 is 29.9 Å². The van der Waals surface area contributed by atoms with E-state index in [2.05, 4.69) is 49.6 Å². The Kier molecular flexibility index (Phi) is 9.92. The smallest absolute Gasteiger partial charge is 0.191 e. The van der Waals surface area contributed by atoms with Crippen molar-refractivity contribution in [2.45, 2.75) is 38.6 Å². The number of rotatable bonds is 7. The third-order valence-corrected chi connectivity index (χ3v) is 5.76. The number of aliphatic imine (C=N–C) groups is 1. The average Bonchev–Trinajstić information content (AvgIpc) is 3.19. The van der Waals surface area contributed by atoms with Gasteiger partial charge in [0.15, 0.2) is 5.96 Å². The predicted molar refractivity (Wildman–Crippen MR) is 122 cm³/mol. The lowest BCUT2D eigenvalue weighted by molar-refractivity contribution is 0.00820. The van der Waals surface area contributed by atoms with E-state index in [0.717, 1.165) is 51.9 Å². The summed E-state index contributed by atoms with van der Waals surface area (Å²) in [5.74, 6) is 0.920. The van der Waals surface area contributed by atoms with Gasteiger partial charge in [0.05, 0.1) is 13.2 Å². The van der Waals surface area contributed by atoms with Gasteiger partial charge < -0.3 is 19.9 Å². The lowest BCUT2D eigenvalue weighted by Crippen LogP contribution is -2.51. The van der Waals surface area contributed by atoms with Gasteiger partial charge in [-0.3, -0.25) is 9.89 Å². The van der Waals surface area contributed by atoms with Crippen LogP contribution < -0.4 is 10.6 Å². The molecule has 2 fully saturated rings. The van der Waals surface area contributed by atoms with Crippen LogP contribution in [0.4, 0.5) is 0 Å². The highest BCUT2D eigenvalue weighted by molar-refractivity contribution is 14.0. The van der Waals surface area contributed by atoms with Crippen LogP contribution >= 0.6 is 24.0 Å². The summed E-state index contributed by atoms with van der Waals surface area (Å²) in [4.78, 5) is 7.02. The van der Waals surface area contributed by atoms with Crippen molar-refractivity contribution in [3.63, 3.8) is 0 Å². The highest BCUT2D eigenvalue weighted by Gasteiger charge is 2.34. The number of nitrogens with zero attached hydrogens (tertiary/aromatic N) is 3. The van der Waals surface area contributed by atoms with E-state index in [1.54, 1.807) is 0 Å². The molecule has 154 valence electrons. The Balaban J connectivity index is 0.00000261. The van der Waals surface area contributed by atoms with E-state index in [1.807, 2.05) is 7.05 Å². The molecule has 1 saturated carbocycles.